The maximum absolute atomic E-state index is 5.32. The Morgan fingerprint density at radius 3 is 2.76 bits per heavy atom. The molecule has 0 saturated heterocycles. The largest absolute Gasteiger partial charge is 0.380 e. The molecule has 0 bridgehead atoms. The van der Waals surface area contributed by atoms with Gasteiger partial charge in [-0.05, 0) is 48.6 Å². The van der Waals surface area contributed by atoms with Crippen LogP contribution in [0.3, 0.4) is 0 Å². The highest BCUT2D eigenvalue weighted by molar-refractivity contribution is 7.15. The van der Waals surface area contributed by atoms with E-state index < -0.39 is 0 Å². The second-order valence-electron chi connectivity index (χ2n) is 5.66. The first kappa shape index (κ1) is 14.8. The molecule has 3 heteroatoms. The van der Waals surface area contributed by atoms with Gasteiger partial charge < -0.3 is 10.1 Å². The van der Waals surface area contributed by atoms with Gasteiger partial charge in [0.15, 0.2) is 0 Å². The molecule has 1 aromatic carbocycles. The molecular formula is C18H23NOS. The molecule has 0 spiro atoms. The molecule has 21 heavy (non-hydrogen) atoms. The summed E-state index contributed by atoms with van der Waals surface area (Å²) in [7, 11) is 1.75. The van der Waals surface area contributed by atoms with E-state index in [4.69, 9.17) is 4.74 Å². The summed E-state index contributed by atoms with van der Waals surface area (Å²) in [5.74, 6) is 0.839. The fourth-order valence-corrected chi connectivity index (χ4v) is 4.09. The highest BCUT2D eigenvalue weighted by Gasteiger charge is 2.32. The number of ether oxygens (including phenoxy) is 1. The Morgan fingerprint density at radius 1 is 1.24 bits per heavy atom. The minimum Gasteiger partial charge on any atom is -0.380 e. The van der Waals surface area contributed by atoms with E-state index in [2.05, 4.69) is 48.6 Å². The zero-order valence-electron chi connectivity index (χ0n) is 12.8. The number of benzene rings is 1. The Balaban J connectivity index is 1.87. The molecule has 1 aliphatic rings. The van der Waals surface area contributed by atoms with E-state index in [-0.39, 0.29) is 0 Å². The molecule has 0 amide bonds. The van der Waals surface area contributed by atoms with E-state index in [1.165, 1.54) is 33.7 Å². The lowest BCUT2D eigenvalue weighted by Gasteiger charge is -2.15. The summed E-state index contributed by atoms with van der Waals surface area (Å²) in [6.45, 7) is 3.90. The Hall–Kier alpha value is -1.16. The molecule has 1 saturated carbocycles. The normalized spacial score (nSPS) is 16.1. The van der Waals surface area contributed by atoms with Crippen molar-refractivity contribution in [1.29, 1.82) is 0 Å². The highest BCUT2D eigenvalue weighted by atomic mass is 32.1. The Labute approximate surface area is 131 Å². The molecule has 1 aromatic heterocycles. The van der Waals surface area contributed by atoms with Crippen LogP contribution in [-0.2, 0) is 11.3 Å². The number of methoxy groups -OCH3 is 1. The van der Waals surface area contributed by atoms with Crippen LogP contribution in [0.1, 0.15) is 36.2 Å². The molecule has 1 aliphatic carbocycles. The van der Waals surface area contributed by atoms with Crippen molar-refractivity contribution < 1.29 is 4.74 Å². The van der Waals surface area contributed by atoms with Crippen LogP contribution in [0.4, 0.5) is 0 Å². The average molecular weight is 301 g/mol. The van der Waals surface area contributed by atoms with Gasteiger partial charge in [-0.1, -0.05) is 31.2 Å². The molecule has 3 rings (SSSR count). The molecule has 1 N–H and O–H groups in total. The summed E-state index contributed by atoms with van der Waals surface area (Å²) in [5, 5.41) is 3.65. The SMILES string of the molecule is CCNC(c1ccc(-c2ccccc2COC)s1)C1CC1. The van der Waals surface area contributed by atoms with Crippen molar-refractivity contribution in [3.8, 4) is 10.4 Å². The van der Waals surface area contributed by atoms with Gasteiger partial charge in [0.05, 0.1) is 6.61 Å². The smallest absolute Gasteiger partial charge is 0.0719 e. The lowest BCUT2D eigenvalue weighted by Crippen LogP contribution is -2.21. The maximum atomic E-state index is 5.32. The number of rotatable bonds is 7. The zero-order valence-corrected chi connectivity index (χ0v) is 13.6. The van der Waals surface area contributed by atoms with E-state index >= 15 is 0 Å². The van der Waals surface area contributed by atoms with Crippen molar-refractivity contribution in [2.75, 3.05) is 13.7 Å². The highest BCUT2D eigenvalue weighted by Crippen LogP contribution is 2.44. The third-order valence-electron chi connectivity index (χ3n) is 4.03. The number of hydrogen-bond donors (Lipinski definition) is 1. The fraction of sp³-hybridized carbons (Fsp3) is 0.444. The van der Waals surface area contributed by atoms with Crippen LogP contribution in [-0.4, -0.2) is 13.7 Å². The Bertz CT molecular complexity index is 588. The van der Waals surface area contributed by atoms with Crippen molar-refractivity contribution in [2.24, 2.45) is 5.92 Å². The maximum Gasteiger partial charge on any atom is 0.0719 e. The lowest BCUT2D eigenvalue weighted by atomic mass is 10.1. The standard InChI is InChI=1S/C18H23NOS/c1-3-19-18(13-8-9-13)17-11-10-16(21-17)15-7-5-4-6-14(15)12-20-2/h4-7,10-11,13,18-19H,3,8-9,12H2,1-2H3. The second-order valence-corrected chi connectivity index (χ2v) is 6.78. The Kier molecular flexibility index (Phi) is 4.73. The van der Waals surface area contributed by atoms with Crippen LogP contribution < -0.4 is 5.32 Å². The van der Waals surface area contributed by atoms with E-state index in [0.717, 1.165) is 12.5 Å². The first-order valence-electron chi connectivity index (χ1n) is 7.73. The predicted molar refractivity (Wildman–Crippen MR) is 89.6 cm³/mol. The van der Waals surface area contributed by atoms with Gasteiger partial charge in [-0.15, -0.1) is 11.3 Å². The van der Waals surface area contributed by atoms with Crippen molar-refractivity contribution in [1.82, 2.24) is 5.32 Å². The molecule has 1 fully saturated rings. The molecule has 112 valence electrons. The van der Waals surface area contributed by atoms with Gasteiger partial charge in [-0.3, -0.25) is 0 Å². The lowest BCUT2D eigenvalue weighted by molar-refractivity contribution is 0.185. The second kappa shape index (κ2) is 6.73. The van der Waals surface area contributed by atoms with Crippen LogP contribution >= 0.6 is 11.3 Å². The number of nitrogens with one attached hydrogen (secondary N) is 1. The third kappa shape index (κ3) is 3.37. The van der Waals surface area contributed by atoms with Crippen LogP contribution in [0.2, 0.25) is 0 Å². The van der Waals surface area contributed by atoms with E-state index in [1.54, 1.807) is 7.11 Å². The molecule has 1 atom stereocenters. The van der Waals surface area contributed by atoms with Crippen LogP contribution in [0.25, 0.3) is 10.4 Å². The van der Waals surface area contributed by atoms with Crippen molar-refractivity contribution >= 4 is 11.3 Å². The fourth-order valence-electron chi connectivity index (χ4n) is 2.86. The first-order valence-corrected chi connectivity index (χ1v) is 8.55. The van der Waals surface area contributed by atoms with Crippen LogP contribution in [0.15, 0.2) is 36.4 Å². The molecule has 2 nitrogen and oxygen atoms in total. The molecule has 0 radical (unpaired) electrons. The van der Waals surface area contributed by atoms with Gasteiger partial charge in [0.2, 0.25) is 0 Å². The van der Waals surface area contributed by atoms with Gasteiger partial charge >= 0.3 is 0 Å². The van der Waals surface area contributed by atoms with E-state index in [0.29, 0.717) is 12.6 Å². The topological polar surface area (TPSA) is 21.3 Å². The zero-order chi connectivity index (χ0) is 14.7. The van der Waals surface area contributed by atoms with Gasteiger partial charge in [0.25, 0.3) is 0 Å². The van der Waals surface area contributed by atoms with Gasteiger partial charge in [0, 0.05) is 22.9 Å². The van der Waals surface area contributed by atoms with E-state index in [9.17, 15) is 0 Å². The van der Waals surface area contributed by atoms with Crippen molar-refractivity contribution in [2.45, 2.75) is 32.4 Å². The first-order chi connectivity index (χ1) is 10.3. The number of hydrogen-bond acceptors (Lipinski definition) is 3. The third-order valence-corrected chi connectivity index (χ3v) is 5.24. The molecule has 1 heterocycles. The summed E-state index contributed by atoms with van der Waals surface area (Å²) in [5.41, 5.74) is 2.57. The summed E-state index contributed by atoms with van der Waals surface area (Å²) in [4.78, 5) is 2.82. The van der Waals surface area contributed by atoms with E-state index in [1.807, 2.05) is 11.3 Å². The molecular weight excluding hydrogens is 278 g/mol. The average Bonchev–Trinajstić information content (AvgIpc) is 3.23. The Morgan fingerprint density at radius 2 is 2.05 bits per heavy atom. The predicted octanol–water partition coefficient (Wildman–Crippen LogP) is 4.62. The van der Waals surface area contributed by atoms with Crippen molar-refractivity contribution in [3.05, 3.63) is 46.8 Å². The monoisotopic (exact) mass is 301 g/mol. The quantitative estimate of drug-likeness (QED) is 0.805. The van der Waals surface area contributed by atoms with Gasteiger partial charge in [0.1, 0.15) is 0 Å². The van der Waals surface area contributed by atoms with Gasteiger partial charge in [-0.25, -0.2) is 0 Å². The minimum atomic E-state index is 0.545. The van der Waals surface area contributed by atoms with Crippen LogP contribution in [0, 0.1) is 5.92 Å². The molecule has 2 aromatic rings. The minimum absolute atomic E-state index is 0.545. The summed E-state index contributed by atoms with van der Waals surface area (Å²) in [6.07, 6.45) is 2.73. The summed E-state index contributed by atoms with van der Waals surface area (Å²) >= 11 is 1.92. The summed E-state index contributed by atoms with van der Waals surface area (Å²) in [6, 6.07) is 13.7. The van der Waals surface area contributed by atoms with Crippen molar-refractivity contribution in [3.63, 3.8) is 0 Å². The van der Waals surface area contributed by atoms with Crippen LogP contribution in [0.5, 0.6) is 0 Å². The number of thiophene rings is 1. The molecule has 1 unspecified atom stereocenters. The summed E-state index contributed by atoms with van der Waals surface area (Å²) < 4.78 is 5.32. The molecule has 0 aliphatic heterocycles. The van der Waals surface area contributed by atoms with Gasteiger partial charge in [-0.2, -0.15) is 0 Å².